The SMILES string of the molecule is Cc1ccc(Cn2c(C)c(/C=N\NC(=O)Cc3ccc(C)cc3C)c3ccccc32)cc1. The Balaban J connectivity index is 1.55. The van der Waals surface area contributed by atoms with Gasteiger partial charge in [-0.15, -0.1) is 0 Å². The van der Waals surface area contributed by atoms with Crippen molar-refractivity contribution in [3.8, 4) is 0 Å². The van der Waals surface area contributed by atoms with Crippen molar-refractivity contribution in [1.29, 1.82) is 0 Å². The normalized spacial score (nSPS) is 11.4. The van der Waals surface area contributed by atoms with E-state index in [0.717, 1.165) is 39.8 Å². The second-order valence-corrected chi connectivity index (χ2v) is 8.49. The minimum atomic E-state index is -0.116. The lowest BCUT2D eigenvalue weighted by molar-refractivity contribution is -0.120. The van der Waals surface area contributed by atoms with Gasteiger partial charge < -0.3 is 4.57 Å². The van der Waals surface area contributed by atoms with E-state index in [2.05, 4.69) is 84.4 Å². The molecule has 4 aromatic rings. The third kappa shape index (κ3) is 4.65. The highest BCUT2D eigenvalue weighted by atomic mass is 16.2. The van der Waals surface area contributed by atoms with Gasteiger partial charge in [-0.05, 0) is 50.5 Å². The van der Waals surface area contributed by atoms with E-state index in [9.17, 15) is 4.79 Å². The quantitative estimate of drug-likeness (QED) is 0.318. The van der Waals surface area contributed by atoms with E-state index in [1.165, 1.54) is 16.7 Å². The number of nitrogens with one attached hydrogen (secondary N) is 1. The fraction of sp³-hybridized carbons (Fsp3) is 0.214. The Labute approximate surface area is 189 Å². The zero-order valence-electron chi connectivity index (χ0n) is 19.1. The number of aromatic nitrogens is 1. The number of amides is 1. The molecule has 0 spiro atoms. The van der Waals surface area contributed by atoms with Crippen molar-refractivity contribution >= 4 is 23.0 Å². The average Bonchev–Trinajstić information content (AvgIpc) is 3.03. The maximum absolute atomic E-state index is 12.4. The highest BCUT2D eigenvalue weighted by molar-refractivity contribution is 6.01. The molecule has 0 saturated heterocycles. The molecule has 0 aliphatic carbocycles. The molecule has 0 fully saturated rings. The van der Waals surface area contributed by atoms with E-state index in [-0.39, 0.29) is 5.91 Å². The zero-order valence-corrected chi connectivity index (χ0v) is 19.1. The van der Waals surface area contributed by atoms with E-state index in [4.69, 9.17) is 0 Å². The van der Waals surface area contributed by atoms with Crippen LogP contribution in [0.25, 0.3) is 10.9 Å². The number of aryl methyl sites for hydroxylation is 3. The molecule has 0 bridgehead atoms. The van der Waals surface area contributed by atoms with Crippen molar-refractivity contribution in [1.82, 2.24) is 9.99 Å². The van der Waals surface area contributed by atoms with Gasteiger partial charge in [-0.1, -0.05) is 71.8 Å². The van der Waals surface area contributed by atoms with Crippen molar-refractivity contribution < 1.29 is 4.79 Å². The number of hydrogen-bond donors (Lipinski definition) is 1. The van der Waals surface area contributed by atoms with Crippen LogP contribution in [0.3, 0.4) is 0 Å². The number of fused-ring (bicyclic) bond motifs is 1. The molecule has 0 aliphatic rings. The van der Waals surface area contributed by atoms with Crippen LogP contribution >= 0.6 is 0 Å². The molecule has 4 nitrogen and oxygen atoms in total. The molecule has 3 aromatic carbocycles. The first-order valence-electron chi connectivity index (χ1n) is 10.9. The summed E-state index contributed by atoms with van der Waals surface area (Å²) in [5, 5.41) is 5.42. The third-order valence-electron chi connectivity index (χ3n) is 5.97. The fourth-order valence-corrected chi connectivity index (χ4v) is 4.13. The molecular formula is C28H29N3O. The first-order valence-corrected chi connectivity index (χ1v) is 10.9. The van der Waals surface area contributed by atoms with Crippen molar-refractivity contribution in [3.63, 3.8) is 0 Å². The van der Waals surface area contributed by atoms with Crippen LogP contribution in [0.2, 0.25) is 0 Å². The Bertz CT molecular complexity index is 1300. The maximum Gasteiger partial charge on any atom is 0.244 e. The lowest BCUT2D eigenvalue weighted by Crippen LogP contribution is -2.20. The summed E-state index contributed by atoms with van der Waals surface area (Å²) in [6.07, 6.45) is 2.08. The molecule has 32 heavy (non-hydrogen) atoms. The summed E-state index contributed by atoms with van der Waals surface area (Å²) in [5.41, 5.74) is 11.9. The second-order valence-electron chi connectivity index (χ2n) is 8.49. The van der Waals surface area contributed by atoms with Crippen LogP contribution in [-0.2, 0) is 17.8 Å². The van der Waals surface area contributed by atoms with Gasteiger partial charge in [0.1, 0.15) is 0 Å². The minimum Gasteiger partial charge on any atom is -0.340 e. The van der Waals surface area contributed by atoms with E-state index >= 15 is 0 Å². The lowest BCUT2D eigenvalue weighted by atomic mass is 10.0. The summed E-state index contributed by atoms with van der Waals surface area (Å²) in [5.74, 6) is -0.116. The van der Waals surface area contributed by atoms with Crippen molar-refractivity contribution in [2.24, 2.45) is 5.10 Å². The number of carbonyl (C=O) groups is 1. The predicted molar refractivity (Wildman–Crippen MR) is 132 cm³/mol. The Morgan fingerprint density at radius 1 is 0.938 bits per heavy atom. The number of hydrogen-bond acceptors (Lipinski definition) is 2. The average molecular weight is 424 g/mol. The van der Waals surface area contributed by atoms with Crippen LogP contribution in [0.1, 0.15) is 39.1 Å². The Kier molecular flexibility index (Phi) is 6.22. The monoisotopic (exact) mass is 423 g/mol. The van der Waals surface area contributed by atoms with Crippen LogP contribution in [-0.4, -0.2) is 16.7 Å². The summed E-state index contributed by atoms with van der Waals surface area (Å²) in [7, 11) is 0. The third-order valence-corrected chi connectivity index (χ3v) is 5.97. The smallest absolute Gasteiger partial charge is 0.244 e. The zero-order chi connectivity index (χ0) is 22.7. The van der Waals surface area contributed by atoms with Gasteiger partial charge in [0.25, 0.3) is 0 Å². The Morgan fingerprint density at radius 3 is 2.41 bits per heavy atom. The molecule has 1 amide bonds. The molecule has 4 heteroatoms. The lowest BCUT2D eigenvalue weighted by Gasteiger charge is -2.09. The van der Waals surface area contributed by atoms with Gasteiger partial charge in [0.2, 0.25) is 5.91 Å². The summed E-state index contributed by atoms with van der Waals surface area (Å²) < 4.78 is 2.30. The molecule has 0 atom stereocenters. The van der Waals surface area contributed by atoms with Crippen molar-refractivity contribution in [2.45, 2.75) is 40.7 Å². The topological polar surface area (TPSA) is 46.4 Å². The van der Waals surface area contributed by atoms with Gasteiger partial charge in [-0.25, -0.2) is 5.43 Å². The largest absolute Gasteiger partial charge is 0.340 e. The van der Waals surface area contributed by atoms with Crippen LogP contribution in [0.15, 0.2) is 71.8 Å². The highest BCUT2D eigenvalue weighted by Gasteiger charge is 2.13. The summed E-state index contributed by atoms with van der Waals surface area (Å²) in [6.45, 7) is 9.08. The number of carbonyl (C=O) groups excluding carboxylic acids is 1. The predicted octanol–water partition coefficient (Wildman–Crippen LogP) is 5.62. The van der Waals surface area contributed by atoms with E-state index < -0.39 is 0 Å². The number of hydrazone groups is 1. The van der Waals surface area contributed by atoms with Crippen LogP contribution in [0, 0.1) is 27.7 Å². The van der Waals surface area contributed by atoms with E-state index in [1.807, 2.05) is 25.1 Å². The number of benzene rings is 3. The van der Waals surface area contributed by atoms with Gasteiger partial charge in [-0.2, -0.15) is 5.10 Å². The summed E-state index contributed by atoms with van der Waals surface area (Å²) >= 11 is 0. The van der Waals surface area contributed by atoms with Gasteiger partial charge in [0.05, 0.1) is 12.6 Å². The fourth-order valence-electron chi connectivity index (χ4n) is 4.13. The van der Waals surface area contributed by atoms with E-state index in [0.29, 0.717) is 6.42 Å². The van der Waals surface area contributed by atoms with Crippen LogP contribution in [0.5, 0.6) is 0 Å². The molecule has 0 saturated carbocycles. The molecule has 162 valence electrons. The van der Waals surface area contributed by atoms with E-state index in [1.54, 1.807) is 6.21 Å². The molecule has 4 rings (SSSR count). The minimum absolute atomic E-state index is 0.116. The molecule has 0 radical (unpaired) electrons. The van der Waals surface area contributed by atoms with Gasteiger partial charge in [0, 0.05) is 28.7 Å². The van der Waals surface area contributed by atoms with Crippen molar-refractivity contribution in [2.75, 3.05) is 0 Å². The molecule has 1 aromatic heterocycles. The van der Waals surface area contributed by atoms with Gasteiger partial charge >= 0.3 is 0 Å². The van der Waals surface area contributed by atoms with Gasteiger partial charge in [0.15, 0.2) is 0 Å². The number of para-hydroxylation sites is 1. The standard InChI is InChI=1S/C28H29N3O/c1-19-9-12-23(13-10-19)18-31-22(4)26(25-7-5-6-8-27(25)31)17-29-30-28(32)16-24-14-11-20(2)15-21(24)3/h5-15,17H,16,18H2,1-4H3,(H,30,32)/b29-17-. The number of rotatable bonds is 6. The van der Waals surface area contributed by atoms with Crippen molar-refractivity contribution in [3.05, 3.63) is 106 Å². The first-order chi connectivity index (χ1) is 15.4. The Morgan fingerprint density at radius 2 is 1.66 bits per heavy atom. The Hall–Kier alpha value is -3.66. The first kappa shape index (κ1) is 21.6. The summed E-state index contributed by atoms with van der Waals surface area (Å²) in [4.78, 5) is 12.4. The van der Waals surface area contributed by atoms with Crippen LogP contribution in [0.4, 0.5) is 0 Å². The molecule has 0 unspecified atom stereocenters. The maximum atomic E-state index is 12.4. The van der Waals surface area contributed by atoms with Gasteiger partial charge in [-0.3, -0.25) is 4.79 Å². The van der Waals surface area contributed by atoms with Crippen LogP contribution < -0.4 is 5.43 Å². The molecule has 1 N–H and O–H groups in total. The highest BCUT2D eigenvalue weighted by Crippen LogP contribution is 2.25. The molecule has 1 heterocycles. The molecular weight excluding hydrogens is 394 g/mol. The number of nitrogens with zero attached hydrogens (tertiary/aromatic N) is 2. The summed E-state index contributed by atoms with van der Waals surface area (Å²) in [6, 6.07) is 23.1. The molecule has 0 aliphatic heterocycles. The second kappa shape index (κ2) is 9.23.